The minimum absolute atomic E-state index is 0.0884. The Morgan fingerprint density at radius 3 is 2.71 bits per heavy atom. The van der Waals surface area contributed by atoms with E-state index in [1.165, 1.54) is 0 Å². The van der Waals surface area contributed by atoms with Gasteiger partial charge in [0.25, 0.3) is 0 Å². The number of nitrogens with one attached hydrogen (secondary N) is 2. The fraction of sp³-hybridized carbons (Fsp3) is 0.500. The number of thioether (sulfide) groups is 1. The van der Waals surface area contributed by atoms with Crippen LogP contribution in [0.25, 0.3) is 0 Å². The number of aromatic amines is 1. The largest absolute Gasteiger partial charge is 0.342 e. The number of nitrogens with zero attached hydrogens (tertiary/aromatic N) is 3. The van der Waals surface area contributed by atoms with E-state index in [-0.39, 0.29) is 17.9 Å². The monoisotopic (exact) mass is 307 g/mol. The predicted molar refractivity (Wildman–Crippen MR) is 85.6 cm³/mol. The number of carbonyl (C=O) groups is 1. The van der Waals surface area contributed by atoms with E-state index in [9.17, 15) is 4.79 Å². The highest BCUT2D eigenvalue weighted by Crippen LogP contribution is 2.17. The molecule has 0 unspecified atom stereocenters. The molecule has 1 atom stereocenters. The maximum Gasteiger partial charge on any atom is 0.249 e. The van der Waals surface area contributed by atoms with Crippen molar-refractivity contribution < 1.29 is 4.79 Å². The molecule has 2 aromatic rings. The van der Waals surface area contributed by atoms with E-state index in [1.807, 2.05) is 49.2 Å². The lowest BCUT2D eigenvalue weighted by Gasteiger charge is -2.17. The van der Waals surface area contributed by atoms with E-state index >= 15 is 0 Å². The van der Waals surface area contributed by atoms with Crippen LogP contribution < -0.4 is 5.32 Å². The molecule has 0 radical (unpaired) electrons. The van der Waals surface area contributed by atoms with Crippen molar-refractivity contribution in [2.24, 2.45) is 0 Å². The molecule has 2 heterocycles. The van der Waals surface area contributed by atoms with Crippen molar-refractivity contribution in [1.29, 1.82) is 0 Å². The standard InChI is InChI=1S/C14H21N5OS/c1-10(2)12-15-14(18-17-12)16-13(20)11(6-9-21-3)19-7-4-5-8-19/h4-5,7-8,10-11H,6,9H2,1-3H3,(H2,15,16,17,18,20)/t11-/m1/s1. The first-order valence-electron chi connectivity index (χ1n) is 6.96. The number of H-pyrrole nitrogens is 1. The van der Waals surface area contributed by atoms with Crippen LogP contribution in [0.15, 0.2) is 24.5 Å². The molecule has 0 saturated carbocycles. The first kappa shape index (κ1) is 15.6. The maximum absolute atomic E-state index is 12.5. The summed E-state index contributed by atoms with van der Waals surface area (Å²) in [6.45, 7) is 4.04. The summed E-state index contributed by atoms with van der Waals surface area (Å²) < 4.78 is 1.92. The summed E-state index contributed by atoms with van der Waals surface area (Å²) in [4.78, 5) is 16.7. The van der Waals surface area contributed by atoms with E-state index in [2.05, 4.69) is 20.5 Å². The van der Waals surface area contributed by atoms with Crippen LogP contribution in [0, 0.1) is 0 Å². The van der Waals surface area contributed by atoms with Gasteiger partial charge < -0.3 is 4.57 Å². The lowest BCUT2D eigenvalue weighted by atomic mass is 10.2. The predicted octanol–water partition coefficient (Wildman–Crippen LogP) is 2.66. The molecule has 2 aromatic heterocycles. The highest BCUT2D eigenvalue weighted by atomic mass is 32.2. The van der Waals surface area contributed by atoms with Gasteiger partial charge in [-0.25, -0.2) is 0 Å². The minimum atomic E-state index is -0.242. The SMILES string of the molecule is CSCC[C@H](C(=O)Nc1n[nH]c(C(C)C)n1)n1cccc1. The zero-order chi connectivity index (χ0) is 15.2. The van der Waals surface area contributed by atoms with E-state index < -0.39 is 0 Å². The van der Waals surface area contributed by atoms with Crippen molar-refractivity contribution in [2.75, 3.05) is 17.3 Å². The van der Waals surface area contributed by atoms with Gasteiger partial charge in [-0.15, -0.1) is 5.10 Å². The number of amides is 1. The van der Waals surface area contributed by atoms with Gasteiger partial charge in [0.1, 0.15) is 11.9 Å². The van der Waals surface area contributed by atoms with Crippen LogP contribution in [0.4, 0.5) is 5.95 Å². The lowest BCUT2D eigenvalue weighted by molar-refractivity contribution is -0.119. The summed E-state index contributed by atoms with van der Waals surface area (Å²) in [7, 11) is 0. The van der Waals surface area contributed by atoms with Crippen molar-refractivity contribution in [3.63, 3.8) is 0 Å². The van der Waals surface area contributed by atoms with E-state index in [0.29, 0.717) is 5.95 Å². The van der Waals surface area contributed by atoms with Gasteiger partial charge in [-0.1, -0.05) is 13.8 Å². The molecular formula is C14H21N5OS. The van der Waals surface area contributed by atoms with Gasteiger partial charge in [0, 0.05) is 18.3 Å². The first-order chi connectivity index (χ1) is 10.1. The molecule has 21 heavy (non-hydrogen) atoms. The molecule has 0 aliphatic heterocycles. The molecule has 2 rings (SSSR count). The molecule has 1 amide bonds. The zero-order valence-electron chi connectivity index (χ0n) is 12.5. The average molecular weight is 307 g/mol. The summed E-state index contributed by atoms with van der Waals surface area (Å²) in [6, 6.07) is 3.60. The molecule has 114 valence electrons. The van der Waals surface area contributed by atoms with Gasteiger partial charge in [-0.05, 0) is 30.6 Å². The van der Waals surface area contributed by atoms with Crippen LogP contribution >= 0.6 is 11.8 Å². The summed E-state index contributed by atoms with van der Waals surface area (Å²) >= 11 is 1.73. The quantitative estimate of drug-likeness (QED) is 0.824. The Labute approximate surface area is 128 Å². The zero-order valence-corrected chi connectivity index (χ0v) is 13.4. The third kappa shape index (κ3) is 4.10. The van der Waals surface area contributed by atoms with Gasteiger partial charge in [0.05, 0.1) is 0 Å². The number of aromatic nitrogens is 4. The number of hydrogen-bond acceptors (Lipinski definition) is 4. The second-order valence-electron chi connectivity index (χ2n) is 5.12. The molecular weight excluding hydrogens is 286 g/mol. The summed E-state index contributed by atoms with van der Waals surface area (Å²) in [5.41, 5.74) is 0. The molecule has 0 aliphatic carbocycles. The van der Waals surface area contributed by atoms with Crippen LogP contribution in [0.2, 0.25) is 0 Å². The Balaban J connectivity index is 2.07. The highest BCUT2D eigenvalue weighted by Gasteiger charge is 2.21. The van der Waals surface area contributed by atoms with Crippen LogP contribution in [0.5, 0.6) is 0 Å². The second-order valence-corrected chi connectivity index (χ2v) is 6.10. The van der Waals surface area contributed by atoms with Gasteiger partial charge in [0.15, 0.2) is 0 Å². The van der Waals surface area contributed by atoms with Gasteiger partial charge >= 0.3 is 0 Å². The Morgan fingerprint density at radius 2 is 2.14 bits per heavy atom. The minimum Gasteiger partial charge on any atom is -0.342 e. The van der Waals surface area contributed by atoms with Crippen molar-refractivity contribution in [3.8, 4) is 0 Å². The summed E-state index contributed by atoms with van der Waals surface area (Å²) in [5.74, 6) is 2.19. The first-order valence-corrected chi connectivity index (χ1v) is 8.35. The van der Waals surface area contributed by atoms with Crippen LogP contribution in [0.3, 0.4) is 0 Å². The summed E-state index contributed by atoms with van der Waals surface area (Å²) in [5, 5.41) is 9.67. The Morgan fingerprint density at radius 1 is 1.43 bits per heavy atom. The number of hydrogen-bond donors (Lipinski definition) is 2. The van der Waals surface area contributed by atoms with E-state index in [1.54, 1.807) is 11.8 Å². The van der Waals surface area contributed by atoms with E-state index in [0.717, 1.165) is 18.0 Å². The summed E-state index contributed by atoms with van der Waals surface area (Å²) in [6.07, 6.45) is 6.61. The third-order valence-corrected chi connectivity index (χ3v) is 3.81. The van der Waals surface area contributed by atoms with Crippen molar-refractivity contribution >= 4 is 23.6 Å². The lowest BCUT2D eigenvalue weighted by Crippen LogP contribution is -2.26. The highest BCUT2D eigenvalue weighted by molar-refractivity contribution is 7.98. The molecule has 7 heteroatoms. The number of carbonyl (C=O) groups excluding carboxylic acids is 1. The van der Waals surface area contributed by atoms with Crippen molar-refractivity contribution in [3.05, 3.63) is 30.4 Å². The second kappa shape index (κ2) is 7.31. The molecule has 6 nitrogen and oxygen atoms in total. The molecule has 0 bridgehead atoms. The van der Waals surface area contributed by atoms with Crippen molar-refractivity contribution in [1.82, 2.24) is 19.7 Å². The molecule has 2 N–H and O–H groups in total. The average Bonchev–Trinajstić information content (AvgIpc) is 3.10. The van der Waals surface area contributed by atoms with E-state index in [4.69, 9.17) is 0 Å². The molecule has 0 spiro atoms. The van der Waals surface area contributed by atoms with Gasteiger partial charge in [0.2, 0.25) is 11.9 Å². The fourth-order valence-electron chi connectivity index (χ4n) is 1.98. The van der Waals surface area contributed by atoms with Crippen molar-refractivity contribution in [2.45, 2.75) is 32.2 Å². The molecule has 0 aromatic carbocycles. The normalized spacial score (nSPS) is 12.6. The van der Waals surface area contributed by atoms with Crippen LogP contribution in [-0.4, -0.2) is 37.7 Å². The smallest absolute Gasteiger partial charge is 0.249 e. The van der Waals surface area contributed by atoms with Crippen LogP contribution in [-0.2, 0) is 4.79 Å². The topological polar surface area (TPSA) is 75.6 Å². The number of anilines is 1. The fourth-order valence-corrected chi connectivity index (χ4v) is 2.44. The molecule has 0 aliphatic rings. The van der Waals surface area contributed by atoms with Gasteiger partial charge in [-0.3, -0.25) is 15.2 Å². The van der Waals surface area contributed by atoms with Crippen LogP contribution in [0.1, 0.15) is 38.1 Å². The molecule has 0 fully saturated rings. The molecule has 0 saturated heterocycles. The number of rotatable bonds is 7. The Hall–Kier alpha value is -1.76. The van der Waals surface area contributed by atoms with Gasteiger partial charge in [-0.2, -0.15) is 16.7 Å². The maximum atomic E-state index is 12.5. The Bertz CT molecular complexity index is 564. The Kier molecular flexibility index (Phi) is 5.44. The third-order valence-electron chi connectivity index (χ3n) is 3.17.